The van der Waals surface area contributed by atoms with Crippen LogP contribution in [0.5, 0.6) is 0 Å². The molecule has 41 heavy (non-hydrogen) atoms. The fourth-order valence-electron chi connectivity index (χ4n) is 5.67. The van der Waals surface area contributed by atoms with E-state index in [0.717, 1.165) is 37.6 Å². The summed E-state index contributed by atoms with van der Waals surface area (Å²) < 4.78 is 5.75. The summed E-state index contributed by atoms with van der Waals surface area (Å²) >= 11 is 0. The molecule has 214 valence electrons. The van der Waals surface area contributed by atoms with E-state index in [2.05, 4.69) is 64.5 Å². The quantitative estimate of drug-likeness (QED) is 0.217. The van der Waals surface area contributed by atoms with Gasteiger partial charge in [0.2, 0.25) is 5.91 Å². The third kappa shape index (κ3) is 7.43. The molecule has 2 atom stereocenters. The maximum Gasteiger partial charge on any atom is 0.287 e. The van der Waals surface area contributed by atoms with Gasteiger partial charge in [-0.3, -0.25) is 9.59 Å². The predicted molar refractivity (Wildman–Crippen MR) is 163 cm³/mol. The molecule has 2 unspecified atom stereocenters. The van der Waals surface area contributed by atoms with Crippen molar-refractivity contribution < 1.29 is 14.0 Å². The Balaban J connectivity index is 1.30. The SMILES string of the molecule is CNCCCCC1NC(CNC(=O)c2cc3ccccc3o2)CCN(CC(c2ccccc2)c2ccccc2)C1=O. The topological polar surface area (TPSA) is 86.6 Å². The van der Waals surface area contributed by atoms with E-state index in [9.17, 15) is 9.59 Å². The molecule has 0 radical (unpaired) electrons. The van der Waals surface area contributed by atoms with E-state index in [1.54, 1.807) is 6.07 Å². The number of hydrogen-bond donors (Lipinski definition) is 3. The highest BCUT2D eigenvalue weighted by Gasteiger charge is 2.32. The molecule has 0 aliphatic carbocycles. The van der Waals surface area contributed by atoms with Gasteiger partial charge in [-0.1, -0.05) is 85.3 Å². The Morgan fingerprint density at radius 3 is 2.34 bits per heavy atom. The lowest BCUT2D eigenvalue weighted by atomic mass is 9.90. The number of hydrogen-bond acceptors (Lipinski definition) is 5. The zero-order valence-corrected chi connectivity index (χ0v) is 23.7. The molecule has 0 bridgehead atoms. The summed E-state index contributed by atoms with van der Waals surface area (Å²) in [5.74, 6) is 0.275. The number of carbonyl (C=O) groups excluding carboxylic acids is 2. The summed E-state index contributed by atoms with van der Waals surface area (Å²) in [6.07, 6.45) is 3.45. The Labute approximate surface area is 242 Å². The van der Waals surface area contributed by atoms with Crippen LogP contribution in [0.4, 0.5) is 0 Å². The minimum Gasteiger partial charge on any atom is -0.451 e. The van der Waals surface area contributed by atoms with Crippen molar-refractivity contribution in [2.75, 3.05) is 33.2 Å². The van der Waals surface area contributed by atoms with Crippen molar-refractivity contribution in [3.63, 3.8) is 0 Å². The molecule has 7 nitrogen and oxygen atoms in total. The maximum absolute atomic E-state index is 14.0. The number of nitrogens with one attached hydrogen (secondary N) is 3. The van der Waals surface area contributed by atoms with Crippen molar-refractivity contribution in [2.24, 2.45) is 0 Å². The number of unbranched alkanes of at least 4 members (excludes halogenated alkanes) is 1. The van der Waals surface area contributed by atoms with E-state index < -0.39 is 0 Å². The van der Waals surface area contributed by atoms with Crippen molar-refractivity contribution in [1.82, 2.24) is 20.9 Å². The molecule has 1 saturated heterocycles. The summed E-state index contributed by atoms with van der Waals surface area (Å²) in [4.78, 5) is 28.9. The summed E-state index contributed by atoms with van der Waals surface area (Å²) in [6, 6.07) is 29.9. The van der Waals surface area contributed by atoms with Gasteiger partial charge in [0.25, 0.3) is 5.91 Å². The number of benzene rings is 3. The summed E-state index contributed by atoms with van der Waals surface area (Å²) in [7, 11) is 1.95. The van der Waals surface area contributed by atoms with Crippen LogP contribution in [-0.2, 0) is 4.79 Å². The largest absolute Gasteiger partial charge is 0.451 e. The molecule has 1 aliphatic rings. The van der Waals surface area contributed by atoms with Crippen molar-refractivity contribution in [2.45, 2.75) is 43.7 Å². The van der Waals surface area contributed by atoms with Gasteiger partial charge in [0, 0.05) is 37.0 Å². The summed E-state index contributed by atoms with van der Waals surface area (Å²) in [5, 5.41) is 10.7. The van der Waals surface area contributed by atoms with Gasteiger partial charge < -0.3 is 25.3 Å². The van der Waals surface area contributed by atoms with E-state index in [0.29, 0.717) is 31.0 Å². The van der Waals surface area contributed by atoms with E-state index >= 15 is 0 Å². The fraction of sp³-hybridized carbons (Fsp3) is 0.353. The average Bonchev–Trinajstić information content (AvgIpc) is 3.40. The van der Waals surface area contributed by atoms with Gasteiger partial charge in [-0.25, -0.2) is 0 Å². The van der Waals surface area contributed by atoms with E-state index in [4.69, 9.17) is 4.42 Å². The monoisotopic (exact) mass is 552 g/mol. The molecule has 2 heterocycles. The first kappa shape index (κ1) is 28.6. The van der Waals surface area contributed by atoms with Gasteiger partial charge in [-0.2, -0.15) is 0 Å². The lowest BCUT2D eigenvalue weighted by Crippen LogP contribution is -2.49. The average molecular weight is 553 g/mol. The molecule has 3 N–H and O–H groups in total. The zero-order chi connectivity index (χ0) is 28.4. The van der Waals surface area contributed by atoms with Gasteiger partial charge in [0.15, 0.2) is 5.76 Å². The second kappa shape index (κ2) is 14.1. The molecule has 2 amide bonds. The van der Waals surface area contributed by atoms with Crippen molar-refractivity contribution in [3.05, 3.63) is 108 Å². The number of nitrogens with zero attached hydrogens (tertiary/aromatic N) is 1. The Morgan fingerprint density at radius 1 is 0.976 bits per heavy atom. The Hall–Kier alpha value is -3.94. The molecular weight excluding hydrogens is 512 g/mol. The van der Waals surface area contributed by atoms with E-state index in [-0.39, 0.29) is 29.8 Å². The highest BCUT2D eigenvalue weighted by Crippen LogP contribution is 2.27. The predicted octanol–water partition coefficient (Wildman–Crippen LogP) is 4.94. The Morgan fingerprint density at radius 2 is 1.66 bits per heavy atom. The third-order valence-electron chi connectivity index (χ3n) is 7.93. The second-order valence-electron chi connectivity index (χ2n) is 10.8. The lowest BCUT2D eigenvalue weighted by Gasteiger charge is -2.29. The zero-order valence-electron chi connectivity index (χ0n) is 23.7. The minimum atomic E-state index is -0.297. The van der Waals surface area contributed by atoms with Crippen LogP contribution >= 0.6 is 0 Å². The number of para-hydroxylation sites is 1. The molecule has 4 aromatic rings. The smallest absolute Gasteiger partial charge is 0.287 e. The fourth-order valence-corrected chi connectivity index (χ4v) is 5.67. The van der Waals surface area contributed by atoms with E-state index in [1.807, 2.05) is 48.3 Å². The first-order valence-corrected chi connectivity index (χ1v) is 14.7. The van der Waals surface area contributed by atoms with Gasteiger partial charge in [-0.05, 0) is 56.1 Å². The van der Waals surface area contributed by atoms with Gasteiger partial charge in [0.05, 0.1) is 6.04 Å². The highest BCUT2D eigenvalue weighted by molar-refractivity contribution is 5.96. The lowest BCUT2D eigenvalue weighted by molar-refractivity contribution is -0.133. The van der Waals surface area contributed by atoms with Crippen molar-refractivity contribution >= 4 is 22.8 Å². The van der Waals surface area contributed by atoms with Gasteiger partial charge in [-0.15, -0.1) is 0 Å². The molecule has 0 saturated carbocycles. The van der Waals surface area contributed by atoms with Crippen LogP contribution in [0.3, 0.4) is 0 Å². The molecule has 1 aliphatic heterocycles. The van der Waals surface area contributed by atoms with Crippen LogP contribution in [0.15, 0.2) is 95.4 Å². The number of amides is 2. The van der Waals surface area contributed by atoms with Crippen molar-refractivity contribution in [3.8, 4) is 0 Å². The summed E-state index contributed by atoms with van der Waals surface area (Å²) in [5.41, 5.74) is 3.09. The third-order valence-corrected chi connectivity index (χ3v) is 7.93. The summed E-state index contributed by atoms with van der Waals surface area (Å²) in [6.45, 7) is 2.58. The number of furan rings is 1. The van der Waals surface area contributed by atoms with Crippen LogP contribution in [0.1, 0.15) is 53.3 Å². The first-order valence-electron chi connectivity index (χ1n) is 14.7. The normalized spacial score (nSPS) is 17.6. The molecule has 0 spiro atoms. The first-order chi connectivity index (χ1) is 20.1. The Kier molecular flexibility index (Phi) is 9.83. The number of carbonyl (C=O) groups is 2. The molecular formula is C34H40N4O3. The number of rotatable bonds is 12. The van der Waals surface area contributed by atoms with Crippen LogP contribution in [0.2, 0.25) is 0 Å². The van der Waals surface area contributed by atoms with Gasteiger partial charge in [0.1, 0.15) is 5.58 Å². The molecule has 3 aromatic carbocycles. The second-order valence-corrected chi connectivity index (χ2v) is 10.8. The Bertz CT molecular complexity index is 1330. The maximum atomic E-state index is 14.0. The van der Waals surface area contributed by atoms with Crippen molar-refractivity contribution in [1.29, 1.82) is 0 Å². The van der Waals surface area contributed by atoms with Gasteiger partial charge >= 0.3 is 0 Å². The molecule has 5 rings (SSSR count). The van der Waals surface area contributed by atoms with E-state index in [1.165, 1.54) is 11.1 Å². The molecule has 1 aromatic heterocycles. The number of fused-ring (bicyclic) bond motifs is 1. The van der Waals surface area contributed by atoms with Crippen LogP contribution in [0.25, 0.3) is 11.0 Å². The molecule has 7 heteroatoms. The minimum absolute atomic E-state index is 0.0292. The standard InChI is InChI=1S/C34H40N4O3/c1-35-20-11-10-17-30-34(40)38(24-29(25-12-4-2-5-13-25)26-14-6-3-7-15-26)21-19-28(37-30)23-36-33(39)32-22-27-16-8-9-18-31(27)41-32/h2-9,12-16,18,22,28-30,35,37H,10-11,17,19-21,23-24H2,1H3,(H,36,39). The van der Waals surface area contributed by atoms with Crippen LogP contribution < -0.4 is 16.0 Å². The van der Waals surface area contributed by atoms with Crippen LogP contribution in [-0.4, -0.2) is 62.0 Å². The highest BCUT2D eigenvalue weighted by atomic mass is 16.3. The van der Waals surface area contributed by atoms with Crippen LogP contribution in [0, 0.1) is 0 Å². The molecule has 1 fully saturated rings.